The van der Waals surface area contributed by atoms with Crippen LogP contribution in [0.1, 0.15) is 15.9 Å². The van der Waals surface area contributed by atoms with Gasteiger partial charge in [-0.15, -0.1) is 5.10 Å². The first-order chi connectivity index (χ1) is 14.9. The Balaban J connectivity index is 1.89. The summed E-state index contributed by atoms with van der Waals surface area (Å²) in [6.45, 7) is 0.431. The second-order valence-corrected chi connectivity index (χ2v) is 7.06. The first kappa shape index (κ1) is 22.0. The van der Waals surface area contributed by atoms with Gasteiger partial charge < -0.3 is 14.2 Å². The van der Waals surface area contributed by atoms with Crippen LogP contribution in [-0.4, -0.2) is 46.9 Å². The average molecular weight is 492 g/mol. The molecule has 3 aromatic rings. The van der Waals surface area contributed by atoms with Crippen LogP contribution in [0.25, 0.3) is 0 Å². The largest absolute Gasteiger partial charge is 0.493 e. The molecule has 0 saturated carbocycles. The topological polar surface area (TPSA) is 131 Å². The zero-order valence-corrected chi connectivity index (χ0v) is 18.4. The van der Waals surface area contributed by atoms with Crippen LogP contribution in [0.2, 0.25) is 0 Å². The molecular weight excluding hydrogens is 474 g/mol. The van der Waals surface area contributed by atoms with Crippen molar-refractivity contribution in [2.45, 2.75) is 6.54 Å². The Morgan fingerprint density at radius 1 is 1.16 bits per heavy atom. The normalized spacial score (nSPS) is 10.5. The molecule has 3 rings (SSSR count). The van der Waals surface area contributed by atoms with Crippen molar-refractivity contribution in [2.75, 3.05) is 26.6 Å². The number of nitrogens with zero attached hydrogens (tertiary/aromatic N) is 4. The number of amides is 1. The van der Waals surface area contributed by atoms with Gasteiger partial charge in [-0.1, -0.05) is 28.1 Å². The molecule has 0 radical (unpaired) electrons. The van der Waals surface area contributed by atoms with Gasteiger partial charge in [-0.3, -0.25) is 20.2 Å². The number of aromatic nitrogens is 3. The Morgan fingerprint density at radius 2 is 1.84 bits per heavy atom. The van der Waals surface area contributed by atoms with E-state index in [9.17, 15) is 14.9 Å². The summed E-state index contributed by atoms with van der Waals surface area (Å²) in [5.41, 5.74) is 0.127. The van der Waals surface area contributed by atoms with Crippen molar-refractivity contribution < 1.29 is 23.9 Å². The van der Waals surface area contributed by atoms with Gasteiger partial charge >= 0.3 is 5.69 Å². The second kappa shape index (κ2) is 9.43. The molecule has 12 heteroatoms. The number of carbonyl (C=O) groups excluding carboxylic acids is 1. The van der Waals surface area contributed by atoms with Crippen molar-refractivity contribution >= 4 is 33.5 Å². The SMILES string of the molecule is COc1cc(C(=O)Nc2ncn(Cc3ccc(Br)cc3)n2)c([N+](=O)[O-])c(OC)c1OC. The van der Waals surface area contributed by atoms with E-state index >= 15 is 0 Å². The summed E-state index contributed by atoms with van der Waals surface area (Å²) in [5.74, 6) is -0.933. The number of carbonyl (C=O) groups is 1. The number of nitro groups is 1. The van der Waals surface area contributed by atoms with E-state index in [0.717, 1.165) is 10.0 Å². The number of hydrogen-bond donors (Lipinski definition) is 1. The number of benzene rings is 2. The minimum atomic E-state index is -0.799. The van der Waals surface area contributed by atoms with Gasteiger partial charge in [-0.25, -0.2) is 9.67 Å². The number of nitrogens with one attached hydrogen (secondary N) is 1. The Morgan fingerprint density at radius 3 is 2.42 bits per heavy atom. The molecule has 11 nitrogen and oxygen atoms in total. The fourth-order valence-electron chi connectivity index (χ4n) is 2.87. The van der Waals surface area contributed by atoms with Crippen molar-refractivity contribution in [1.82, 2.24) is 14.8 Å². The predicted octanol–water partition coefficient (Wildman–Crippen LogP) is 3.28. The van der Waals surface area contributed by atoms with Crippen molar-refractivity contribution in [3.05, 3.63) is 62.4 Å². The molecule has 162 valence electrons. The molecule has 0 unspecified atom stereocenters. The van der Waals surface area contributed by atoms with E-state index in [0.29, 0.717) is 6.54 Å². The first-order valence-corrected chi connectivity index (χ1v) is 9.59. The number of ether oxygens (including phenoxy) is 3. The van der Waals surface area contributed by atoms with Crippen LogP contribution < -0.4 is 19.5 Å². The summed E-state index contributed by atoms with van der Waals surface area (Å²) in [6.07, 6.45) is 1.45. The van der Waals surface area contributed by atoms with Crippen LogP contribution in [0.3, 0.4) is 0 Å². The maximum atomic E-state index is 12.8. The summed E-state index contributed by atoms with van der Waals surface area (Å²) in [4.78, 5) is 27.8. The van der Waals surface area contributed by atoms with Gasteiger partial charge in [0.1, 0.15) is 11.9 Å². The molecule has 1 aromatic heterocycles. The summed E-state index contributed by atoms with van der Waals surface area (Å²) in [7, 11) is 3.89. The Hall–Kier alpha value is -3.67. The standard InChI is InChI=1S/C19H18BrN5O6/c1-29-14-8-13(15(25(27)28)17(31-3)16(14)30-2)18(26)22-19-21-10-24(23-19)9-11-4-6-12(20)7-5-11/h4-8,10H,9H2,1-3H3,(H,22,23,26). The lowest BCUT2D eigenvalue weighted by Gasteiger charge is -2.14. The number of nitro benzene ring substituents is 1. The molecule has 0 aliphatic heterocycles. The van der Waals surface area contributed by atoms with Gasteiger partial charge in [0.25, 0.3) is 5.91 Å². The lowest BCUT2D eigenvalue weighted by Crippen LogP contribution is -2.16. The Bertz CT molecular complexity index is 1120. The van der Waals surface area contributed by atoms with Crippen LogP contribution in [0, 0.1) is 10.1 Å². The van der Waals surface area contributed by atoms with Crippen molar-refractivity contribution in [3.63, 3.8) is 0 Å². The van der Waals surface area contributed by atoms with Crippen LogP contribution in [0.5, 0.6) is 17.2 Å². The third kappa shape index (κ3) is 4.74. The van der Waals surface area contributed by atoms with E-state index in [-0.39, 0.29) is 28.8 Å². The highest BCUT2D eigenvalue weighted by Gasteiger charge is 2.32. The Labute approximate surface area is 185 Å². The van der Waals surface area contributed by atoms with Gasteiger partial charge in [-0.05, 0) is 17.7 Å². The van der Waals surface area contributed by atoms with Crippen LogP contribution in [0.15, 0.2) is 41.1 Å². The number of halogens is 1. The highest BCUT2D eigenvalue weighted by Crippen LogP contribution is 2.46. The molecule has 0 aliphatic carbocycles. The highest BCUT2D eigenvalue weighted by atomic mass is 79.9. The van der Waals surface area contributed by atoms with Crippen molar-refractivity contribution in [1.29, 1.82) is 0 Å². The van der Waals surface area contributed by atoms with E-state index in [4.69, 9.17) is 14.2 Å². The molecule has 2 aromatic carbocycles. The maximum absolute atomic E-state index is 12.8. The second-order valence-electron chi connectivity index (χ2n) is 6.14. The predicted molar refractivity (Wildman–Crippen MR) is 114 cm³/mol. The van der Waals surface area contributed by atoms with E-state index in [1.807, 2.05) is 24.3 Å². The molecule has 0 saturated heterocycles. The van der Waals surface area contributed by atoms with Crippen LogP contribution in [0.4, 0.5) is 11.6 Å². The summed E-state index contributed by atoms with van der Waals surface area (Å²) in [5, 5.41) is 18.3. The summed E-state index contributed by atoms with van der Waals surface area (Å²) < 4.78 is 17.9. The van der Waals surface area contributed by atoms with Crippen LogP contribution >= 0.6 is 15.9 Å². The minimum Gasteiger partial charge on any atom is -0.493 e. The van der Waals surface area contributed by atoms with Gasteiger partial charge in [0.2, 0.25) is 17.4 Å². The third-order valence-corrected chi connectivity index (χ3v) is 4.78. The van der Waals surface area contributed by atoms with Gasteiger partial charge in [0.15, 0.2) is 5.75 Å². The monoisotopic (exact) mass is 491 g/mol. The van der Waals surface area contributed by atoms with Crippen molar-refractivity contribution in [2.24, 2.45) is 0 Å². The molecule has 0 spiro atoms. The first-order valence-electron chi connectivity index (χ1n) is 8.80. The molecule has 1 heterocycles. The quantitative estimate of drug-likeness (QED) is 0.375. The summed E-state index contributed by atoms with van der Waals surface area (Å²) >= 11 is 3.37. The highest BCUT2D eigenvalue weighted by molar-refractivity contribution is 9.10. The van der Waals surface area contributed by atoms with E-state index in [1.54, 1.807) is 0 Å². The average Bonchev–Trinajstić information content (AvgIpc) is 3.19. The zero-order valence-electron chi connectivity index (χ0n) is 16.8. The fraction of sp³-hybridized carbons (Fsp3) is 0.211. The summed E-state index contributed by atoms with van der Waals surface area (Å²) in [6, 6.07) is 8.84. The number of rotatable bonds is 8. The zero-order chi connectivity index (χ0) is 22.5. The molecule has 1 amide bonds. The van der Waals surface area contributed by atoms with E-state index < -0.39 is 16.5 Å². The molecule has 0 atom stereocenters. The lowest BCUT2D eigenvalue weighted by atomic mass is 10.1. The fourth-order valence-corrected chi connectivity index (χ4v) is 3.13. The number of hydrogen-bond acceptors (Lipinski definition) is 8. The molecule has 0 aliphatic rings. The van der Waals surface area contributed by atoms with Crippen LogP contribution in [-0.2, 0) is 6.54 Å². The van der Waals surface area contributed by atoms with Gasteiger partial charge in [0, 0.05) is 10.5 Å². The number of methoxy groups -OCH3 is 3. The molecule has 0 bridgehead atoms. The Kier molecular flexibility index (Phi) is 6.70. The van der Waals surface area contributed by atoms with Gasteiger partial charge in [0.05, 0.1) is 32.8 Å². The lowest BCUT2D eigenvalue weighted by molar-refractivity contribution is -0.386. The molecule has 1 N–H and O–H groups in total. The third-order valence-electron chi connectivity index (χ3n) is 4.25. The maximum Gasteiger partial charge on any atom is 0.327 e. The smallest absolute Gasteiger partial charge is 0.327 e. The molecule has 31 heavy (non-hydrogen) atoms. The van der Waals surface area contributed by atoms with E-state index in [1.165, 1.54) is 38.4 Å². The number of anilines is 1. The van der Waals surface area contributed by atoms with E-state index in [2.05, 4.69) is 31.3 Å². The molecular formula is C19H18BrN5O6. The molecule has 0 fully saturated rings. The minimum absolute atomic E-state index is 0.00477. The van der Waals surface area contributed by atoms with Crippen molar-refractivity contribution in [3.8, 4) is 17.2 Å². The van der Waals surface area contributed by atoms with Gasteiger partial charge in [-0.2, -0.15) is 0 Å².